The van der Waals surface area contributed by atoms with E-state index in [1.54, 1.807) is 152 Å². The van der Waals surface area contributed by atoms with E-state index >= 15 is 0 Å². The monoisotopic (exact) mass is 1680 g/mol. The Hall–Kier alpha value is 2.68. The zero-order valence-electron chi connectivity index (χ0n) is 73.5. The van der Waals surface area contributed by atoms with Gasteiger partial charge in [0.05, 0.1) is 22.8 Å². The molecule has 0 spiro atoms. The first-order valence-corrected chi connectivity index (χ1v) is 78.8. The average Bonchev–Trinajstić information content (AvgIpc) is 1.59. The number of hydrogen-bond donors (Lipinski definition) is 0. The molecule has 2 aromatic rings. The number of allylic oxidation sites excluding steroid dienone is 6. The number of halogens is 3. The molecule has 15 unspecified atom stereocenters. The van der Waals surface area contributed by atoms with Crippen LogP contribution in [-0.2, 0) is 20.8 Å². The van der Waals surface area contributed by atoms with E-state index in [-0.39, 0.29) is 71.4 Å². The molecule has 0 radical (unpaired) electrons. The molecular weight excluding hydrogens is 1520 g/mol. The molecule has 0 saturated heterocycles. The SMILES string of the molecule is C1CCC2CCCC2C1.CCCCC1=CC([Si](C)(C)[Si](C)(C)C2C=Cc3ccccc32)C=C1.CCCCC1CCC([Si](C)(C)[Si](C)(C)C2CCC3CCCCC32)C1.CCCCC1CCC([Si](C)(C)[Si](C)(C)C2CCC3CCCCC32)C1.C[Si](C)(Cl)[Si](C)(C)C1C=Cc2ccccc21.[CH3-].[CH3-].[Cl][Zr+2][Cl].[Li+].[Li+].[Li+]. The molecule has 15 atom stereocenters. The molecular formula is C90H161Cl3Li3Si8Zr+3. The molecule has 0 bridgehead atoms. The minimum Gasteiger partial charge on any atom is 1.00 e. The van der Waals surface area contributed by atoms with Gasteiger partial charge in [0.15, 0.2) is 0 Å². The molecule has 0 aromatic heterocycles. The maximum absolute atomic E-state index is 6.74. The van der Waals surface area contributed by atoms with Crippen molar-refractivity contribution in [3.63, 3.8) is 0 Å². The van der Waals surface area contributed by atoms with Crippen LogP contribution in [0.15, 0.2) is 84.5 Å². The van der Waals surface area contributed by atoms with Crippen molar-refractivity contribution < 1.29 is 77.4 Å². The summed E-state index contributed by atoms with van der Waals surface area (Å²) < 4.78 is 0. The fourth-order valence-corrected chi connectivity index (χ4v) is 68.8. The first-order valence-electron chi connectivity index (χ1n) is 42.9. The van der Waals surface area contributed by atoms with Crippen LogP contribution in [0.3, 0.4) is 0 Å². The van der Waals surface area contributed by atoms with Gasteiger partial charge in [0.1, 0.15) is 6.90 Å². The van der Waals surface area contributed by atoms with Gasteiger partial charge in [-0.2, -0.15) is 11.1 Å². The van der Waals surface area contributed by atoms with Gasteiger partial charge in [0, 0.05) is 30.4 Å². The van der Waals surface area contributed by atoms with Gasteiger partial charge in [0.2, 0.25) is 0 Å². The van der Waals surface area contributed by atoms with E-state index in [1.807, 2.05) is 0 Å². The molecule has 8 saturated carbocycles. The van der Waals surface area contributed by atoms with Gasteiger partial charge in [-0.05, 0) is 121 Å². The van der Waals surface area contributed by atoms with Gasteiger partial charge in [-0.1, -0.05) is 428 Å². The van der Waals surface area contributed by atoms with Crippen molar-refractivity contribution in [2.75, 3.05) is 0 Å². The molecule has 2 aromatic carbocycles. The Morgan fingerprint density at radius 1 is 0.381 bits per heavy atom. The Labute approximate surface area is 721 Å². The third kappa shape index (κ3) is 24.9. The second-order valence-corrected chi connectivity index (χ2v) is 110. The summed E-state index contributed by atoms with van der Waals surface area (Å²) in [4.78, 5) is 0. The van der Waals surface area contributed by atoms with E-state index in [0.29, 0.717) is 11.1 Å². The van der Waals surface area contributed by atoms with Gasteiger partial charge < -0.3 is 14.9 Å². The van der Waals surface area contributed by atoms with Crippen molar-refractivity contribution in [2.24, 2.45) is 47.3 Å². The Morgan fingerprint density at radius 3 is 1.15 bits per heavy atom. The molecule has 0 nitrogen and oxygen atoms in total. The summed E-state index contributed by atoms with van der Waals surface area (Å²) in [5.41, 5.74) is 14.3. The number of unbranched alkanes of at least 4 members (excludes halogenated alkanes) is 3. The standard InChI is InChI=1S/2C22H44Si2.C22H32Si2.C13H19ClSi2.C9H16.2CH3.2ClH.3Li.Zr/c3*1-6-7-10-18-13-15-20(17-18)23(2,3)24(4,5)22-16-14-19-11-8-9-12-21(19)22;1-15(2,16(3,4)14)13-10-9-11-7-5-6-8-12(11)13;1-2-5-9-7-3-6-8(9)4-1;;;;;;;;/h2*18-22H,6-17H2,1-5H3;8-9,11-17,20,22H,6-7,10H2,1-5H3;5-10,13H,1-4H3;8-9H,1-7H2;2*1H3;2*1H;;;;/q;;;;;2*-1;;;3*+1;+4/p-2. The molecule has 0 aliphatic heterocycles. The van der Waals surface area contributed by atoms with Crippen molar-refractivity contribution >= 4 is 100 Å². The topological polar surface area (TPSA) is 0 Å². The summed E-state index contributed by atoms with van der Waals surface area (Å²) in [5.74, 6) is 9.11. The van der Waals surface area contributed by atoms with Crippen LogP contribution in [0.4, 0.5) is 0 Å². The van der Waals surface area contributed by atoms with Crippen molar-refractivity contribution in [3.05, 3.63) is 122 Å². The zero-order chi connectivity index (χ0) is 72.9. The molecule has 13 rings (SSSR count). The molecule has 105 heavy (non-hydrogen) atoms. The second-order valence-electron chi connectivity index (χ2n) is 39.8. The minimum atomic E-state index is -1.56. The Balaban J connectivity index is 0.000000342. The summed E-state index contributed by atoms with van der Waals surface area (Å²) in [6.45, 7) is 48.4. The zero-order valence-corrected chi connectivity index (χ0v) is 86.2. The van der Waals surface area contributed by atoms with Crippen LogP contribution in [0.5, 0.6) is 0 Å². The molecule has 0 heterocycles. The Morgan fingerprint density at radius 2 is 0.752 bits per heavy atom. The van der Waals surface area contributed by atoms with E-state index in [2.05, 4.69) is 217 Å². The quantitative estimate of drug-likeness (QED) is 0.0704. The van der Waals surface area contributed by atoms with Crippen LogP contribution in [0.1, 0.15) is 272 Å². The van der Waals surface area contributed by atoms with Crippen LogP contribution in [0.25, 0.3) is 12.2 Å². The van der Waals surface area contributed by atoms with Crippen LogP contribution in [0, 0.1) is 62.2 Å². The molecule has 11 aliphatic carbocycles. The van der Waals surface area contributed by atoms with Gasteiger partial charge >= 0.3 is 94.5 Å². The van der Waals surface area contributed by atoms with E-state index < -0.39 is 80.9 Å². The third-order valence-electron chi connectivity index (χ3n) is 33.0. The fourth-order valence-electron chi connectivity index (χ4n) is 23.4. The predicted molar refractivity (Wildman–Crippen MR) is 485 cm³/mol. The first-order chi connectivity index (χ1) is 47.3. The maximum atomic E-state index is 6.74. The van der Waals surface area contributed by atoms with Crippen LogP contribution in [-0.4, -0.2) is 60.0 Å². The summed E-state index contributed by atoms with van der Waals surface area (Å²) in [5, 5.41) is 0. The van der Waals surface area contributed by atoms with Crippen LogP contribution >= 0.6 is 28.1 Å². The Bertz CT molecular complexity index is 2870. The Kier molecular flexibility index (Phi) is 44.8. The third-order valence-corrected chi connectivity index (χ3v) is 113. The molecule has 8 fully saturated rings. The second kappa shape index (κ2) is 46.1. The van der Waals surface area contributed by atoms with Crippen molar-refractivity contribution in [1.82, 2.24) is 0 Å². The van der Waals surface area contributed by atoms with Crippen molar-refractivity contribution in [2.45, 2.75) is 383 Å². The molecule has 15 heteroatoms. The smallest absolute Gasteiger partial charge is 1.00 e. The average molecular weight is 1690 g/mol. The number of fused-ring (bicyclic) bond motifs is 5. The van der Waals surface area contributed by atoms with Gasteiger partial charge in [-0.25, -0.2) is 0 Å². The van der Waals surface area contributed by atoms with Gasteiger partial charge in [-0.15, -0.1) is 0 Å². The summed E-state index contributed by atoms with van der Waals surface area (Å²) >= 11 is 5.91. The molecule has 578 valence electrons. The fraction of sp³-hybridized carbons (Fsp3) is 0.756. The number of hydrogen-bond acceptors (Lipinski definition) is 0. The molecule has 0 N–H and O–H groups in total. The van der Waals surface area contributed by atoms with Crippen LogP contribution in [0.2, 0.25) is 132 Å². The minimum absolute atomic E-state index is 0. The maximum Gasteiger partial charge on any atom is 1.00 e. The number of benzene rings is 2. The molecule has 11 aliphatic rings. The van der Waals surface area contributed by atoms with E-state index in [9.17, 15) is 0 Å². The van der Waals surface area contributed by atoms with E-state index in [1.165, 1.54) is 128 Å². The normalized spacial score (nSPS) is 29.2. The van der Waals surface area contributed by atoms with Gasteiger partial charge in [0.25, 0.3) is 0 Å². The largest absolute Gasteiger partial charge is 1.00 e. The predicted octanol–water partition coefficient (Wildman–Crippen LogP) is 23.3. The van der Waals surface area contributed by atoms with Gasteiger partial charge in [-0.3, -0.25) is 0 Å². The summed E-state index contributed by atoms with van der Waals surface area (Å²) in [6, 6.07) is 17.8. The molecule has 0 amide bonds. The van der Waals surface area contributed by atoms with Crippen molar-refractivity contribution in [3.8, 4) is 0 Å². The van der Waals surface area contributed by atoms with E-state index in [0.717, 1.165) is 41.0 Å². The summed E-state index contributed by atoms with van der Waals surface area (Å²) in [7, 11) is 1.31. The van der Waals surface area contributed by atoms with Crippen LogP contribution < -0.4 is 56.6 Å². The van der Waals surface area contributed by atoms with Crippen molar-refractivity contribution in [1.29, 1.82) is 0 Å². The van der Waals surface area contributed by atoms with E-state index in [4.69, 9.17) is 28.1 Å². The number of rotatable bonds is 20. The first kappa shape index (κ1) is 102. The summed E-state index contributed by atoms with van der Waals surface area (Å²) in [6.07, 6.45) is 69.2.